The van der Waals surface area contributed by atoms with Gasteiger partial charge in [-0.15, -0.1) is 6.58 Å². The number of urea groups is 1. The van der Waals surface area contributed by atoms with E-state index < -0.39 is 64.1 Å². The molecule has 55 heavy (non-hydrogen) atoms. The first-order valence-corrected chi connectivity index (χ1v) is 20.2. The van der Waals surface area contributed by atoms with E-state index in [4.69, 9.17) is 0 Å². The van der Waals surface area contributed by atoms with E-state index in [0.717, 1.165) is 50.5 Å². The second kappa shape index (κ2) is 18.1. The summed E-state index contributed by atoms with van der Waals surface area (Å²) in [6, 6.07) is -3.88. The predicted octanol–water partition coefficient (Wildman–Crippen LogP) is 3.77. The van der Waals surface area contributed by atoms with Crippen molar-refractivity contribution in [3.8, 4) is 0 Å². The normalized spacial score (nSPS) is 21.6. The number of anilines is 1. The molecule has 0 radical (unpaired) electrons. The van der Waals surface area contributed by atoms with Crippen LogP contribution in [-0.2, 0) is 24.6 Å². The van der Waals surface area contributed by atoms with E-state index in [2.05, 4.69) is 27.8 Å². The van der Waals surface area contributed by atoms with Gasteiger partial charge in [0.05, 0.1) is 17.8 Å². The minimum absolute atomic E-state index is 0.110. The molecule has 0 bridgehead atoms. The van der Waals surface area contributed by atoms with E-state index in [9.17, 15) is 33.6 Å². The van der Waals surface area contributed by atoms with Crippen LogP contribution in [0.4, 0.5) is 10.5 Å². The molecule has 1 aromatic rings. The number of carbonyl (C=O) groups excluding carboxylic acids is 5. The topological polar surface area (TPSA) is 174 Å². The summed E-state index contributed by atoms with van der Waals surface area (Å²) in [4.78, 5) is 97.2. The fraction of sp³-hybridized carbons (Fsp3) is 0.690. The van der Waals surface area contributed by atoms with Gasteiger partial charge in [0.25, 0.3) is 5.91 Å². The zero-order chi connectivity index (χ0) is 40.8. The van der Waals surface area contributed by atoms with Crippen molar-refractivity contribution in [2.75, 3.05) is 31.6 Å². The Bertz CT molecular complexity index is 1710. The molecule has 5 amide bonds. The summed E-state index contributed by atoms with van der Waals surface area (Å²) in [6.07, 6.45) is 10.6. The lowest BCUT2D eigenvalue weighted by Crippen LogP contribution is -2.61. The number of ketones is 1. The van der Waals surface area contributed by atoms with Crippen LogP contribution in [0, 0.1) is 17.3 Å². The van der Waals surface area contributed by atoms with Gasteiger partial charge in [-0.2, -0.15) is 0 Å². The minimum atomic E-state index is -1.06. The molecule has 1 saturated heterocycles. The number of likely N-dealkylation sites (N-methyl/N-ethyl adjacent to an activating group) is 1. The van der Waals surface area contributed by atoms with Gasteiger partial charge in [0.15, 0.2) is 0 Å². The number of nitrogens with zero attached hydrogens (tertiary/aromatic N) is 2. The molecule has 3 aliphatic rings. The van der Waals surface area contributed by atoms with Crippen molar-refractivity contribution >= 4 is 35.2 Å². The Morgan fingerprint density at radius 1 is 1.02 bits per heavy atom. The summed E-state index contributed by atoms with van der Waals surface area (Å²) >= 11 is 0. The van der Waals surface area contributed by atoms with E-state index in [1.807, 2.05) is 54.5 Å². The van der Waals surface area contributed by atoms with Crippen LogP contribution in [0.1, 0.15) is 118 Å². The Morgan fingerprint density at radius 3 is 2.24 bits per heavy atom. The predicted molar refractivity (Wildman–Crippen MR) is 215 cm³/mol. The van der Waals surface area contributed by atoms with Crippen molar-refractivity contribution in [1.82, 2.24) is 26.2 Å². The molecule has 304 valence electrons. The van der Waals surface area contributed by atoms with Gasteiger partial charge in [0, 0.05) is 32.2 Å². The second-order valence-corrected chi connectivity index (χ2v) is 17.4. The Kier molecular flexibility index (Phi) is 14.3. The lowest BCUT2D eigenvalue weighted by molar-refractivity contribution is -0.143. The largest absolute Gasteiger partial charge is 0.369 e. The molecule has 2 saturated carbocycles. The number of carbonyl (C=O) groups is 5. The van der Waals surface area contributed by atoms with Crippen LogP contribution in [0.25, 0.3) is 0 Å². The quantitative estimate of drug-likeness (QED) is 0.137. The number of Topliss-reactive ketones (excluding diaryl/α,β-unsaturated/α-hetero) is 1. The maximum Gasteiger partial charge on any atom is 0.315 e. The van der Waals surface area contributed by atoms with Crippen LogP contribution in [0.15, 0.2) is 33.9 Å². The first-order chi connectivity index (χ1) is 25.9. The van der Waals surface area contributed by atoms with Crippen molar-refractivity contribution in [1.29, 1.82) is 0 Å². The van der Waals surface area contributed by atoms with Crippen LogP contribution in [0.3, 0.4) is 0 Å². The monoisotopic (exact) mass is 764 g/mol. The lowest BCUT2D eigenvalue weighted by Gasteiger charge is -2.38. The maximum atomic E-state index is 14.8. The van der Waals surface area contributed by atoms with Crippen molar-refractivity contribution < 1.29 is 24.0 Å². The number of hydrogen-bond donors (Lipinski definition) is 4. The minimum Gasteiger partial charge on any atom is -0.369 e. The van der Waals surface area contributed by atoms with Crippen molar-refractivity contribution in [3.05, 3.63) is 50.3 Å². The molecule has 3 fully saturated rings. The van der Waals surface area contributed by atoms with Crippen molar-refractivity contribution in [3.63, 3.8) is 0 Å². The number of hydrogen-bond acceptors (Lipinski definition) is 8. The van der Waals surface area contributed by atoms with Gasteiger partial charge in [-0.25, -0.2) is 4.79 Å². The Hall–Kier alpha value is -4.29. The SMILES string of the molecule is C=CCNC(=O)C(=O)C(CCC)NC(=O)[C@@H]1C[C@@H](/C(C)=C/C)CN1C(=O)[C@@H](NC(=O)N[C@H](CN(C)c1c(C2(C)CC2)c(=O)c1=O)C(C)(C)C)C1CCCCC1. The average molecular weight is 765 g/mol. The molecule has 13 nitrogen and oxygen atoms in total. The third-order valence-electron chi connectivity index (χ3n) is 12.2. The summed E-state index contributed by atoms with van der Waals surface area (Å²) in [5.41, 5.74) is 0.375. The van der Waals surface area contributed by atoms with E-state index in [0.29, 0.717) is 24.1 Å². The molecule has 5 atom stereocenters. The van der Waals surface area contributed by atoms with Crippen LogP contribution in [0.5, 0.6) is 0 Å². The van der Waals surface area contributed by atoms with Crippen LogP contribution >= 0.6 is 0 Å². The lowest BCUT2D eigenvalue weighted by atomic mass is 9.83. The Balaban J connectivity index is 1.57. The summed E-state index contributed by atoms with van der Waals surface area (Å²) in [6.45, 7) is 17.9. The number of likely N-dealkylation sites (tertiary alicyclic amines) is 1. The summed E-state index contributed by atoms with van der Waals surface area (Å²) in [7, 11) is 1.77. The Morgan fingerprint density at radius 2 is 1.67 bits per heavy atom. The Labute approximate surface area is 326 Å². The van der Waals surface area contributed by atoms with Gasteiger partial charge < -0.3 is 31.1 Å². The van der Waals surface area contributed by atoms with Gasteiger partial charge in [-0.1, -0.05) is 78.0 Å². The fourth-order valence-corrected chi connectivity index (χ4v) is 8.14. The summed E-state index contributed by atoms with van der Waals surface area (Å²) in [5, 5.41) is 11.4. The zero-order valence-corrected chi connectivity index (χ0v) is 34.3. The van der Waals surface area contributed by atoms with Gasteiger partial charge >= 0.3 is 6.03 Å². The molecule has 13 heteroatoms. The van der Waals surface area contributed by atoms with E-state index in [1.165, 1.54) is 6.08 Å². The number of amides is 5. The highest BCUT2D eigenvalue weighted by molar-refractivity contribution is 6.38. The highest BCUT2D eigenvalue weighted by Gasteiger charge is 2.48. The van der Waals surface area contributed by atoms with Crippen LogP contribution in [0.2, 0.25) is 0 Å². The third-order valence-corrected chi connectivity index (χ3v) is 12.2. The van der Waals surface area contributed by atoms with Crippen LogP contribution < -0.4 is 37.0 Å². The molecule has 1 unspecified atom stereocenters. The molecular formula is C42H64N6O7. The number of nitrogens with one attached hydrogen (secondary N) is 4. The van der Waals surface area contributed by atoms with Crippen molar-refractivity contribution in [2.24, 2.45) is 17.3 Å². The molecule has 0 aromatic heterocycles. The summed E-state index contributed by atoms with van der Waals surface area (Å²) in [5.74, 6) is -2.69. The van der Waals surface area contributed by atoms with Gasteiger partial charge in [0.2, 0.25) is 28.5 Å². The summed E-state index contributed by atoms with van der Waals surface area (Å²) < 4.78 is 0. The second-order valence-electron chi connectivity index (χ2n) is 17.4. The highest BCUT2D eigenvalue weighted by Crippen LogP contribution is 2.49. The number of allylic oxidation sites excluding steroid dienone is 1. The molecule has 1 aliphatic heterocycles. The third kappa shape index (κ3) is 10.1. The first-order valence-electron chi connectivity index (χ1n) is 20.2. The van der Waals surface area contributed by atoms with Gasteiger partial charge in [-0.3, -0.25) is 28.8 Å². The number of rotatable bonds is 17. The highest BCUT2D eigenvalue weighted by atomic mass is 16.2. The standard InChI is InChI=1S/C42H64N6O7/c1-10-16-28(34(49)38(53)43-21-11-2)44-37(52)29-22-27(25(4)12-3)23-48(29)39(54)32(26-17-14-13-15-18-26)46-40(55)45-30(41(5,6)7)24-47(9)33-31(35(50)36(33)51)42(8)19-20-42/h11-12,26-30,32H,2,10,13-24H2,1,3-9H3,(H,43,53)(H,44,52)(H2,45,46,55)/b25-12+/t27-,28?,29+,30-,32+/m1/s1. The smallest absolute Gasteiger partial charge is 0.315 e. The van der Waals surface area contributed by atoms with Gasteiger partial charge in [0.1, 0.15) is 12.1 Å². The molecule has 4 rings (SSSR count). The van der Waals surface area contributed by atoms with E-state index in [1.54, 1.807) is 16.8 Å². The van der Waals surface area contributed by atoms with Crippen LogP contribution in [-0.4, -0.2) is 85.3 Å². The molecule has 4 N–H and O–H groups in total. The molecule has 2 aliphatic carbocycles. The van der Waals surface area contributed by atoms with Crippen molar-refractivity contribution in [2.45, 2.75) is 142 Å². The van der Waals surface area contributed by atoms with Gasteiger partial charge in [-0.05, 0) is 75.0 Å². The van der Waals surface area contributed by atoms with E-state index >= 15 is 0 Å². The molecular weight excluding hydrogens is 700 g/mol. The fourth-order valence-electron chi connectivity index (χ4n) is 8.14. The molecule has 1 heterocycles. The first kappa shape index (κ1) is 43.4. The maximum absolute atomic E-state index is 14.8. The molecule has 1 aromatic carbocycles. The molecule has 0 spiro atoms. The van der Waals surface area contributed by atoms with E-state index in [-0.39, 0.29) is 49.2 Å². The zero-order valence-electron chi connectivity index (χ0n) is 34.3. The average Bonchev–Trinajstić information content (AvgIpc) is 3.72.